The highest BCUT2D eigenvalue weighted by Crippen LogP contribution is 2.31. The van der Waals surface area contributed by atoms with Gasteiger partial charge in [0.25, 0.3) is 0 Å². The molecule has 0 aliphatic carbocycles. The van der Waals surface area contributed by atoms with Crippen LogP contribution >= 0.6 is 0 Å². The molecule has 24 heavy (non-hydrogen) atoms. The van der Waals surface area contributed by atoms with Gasteiger partial charge >= 0.3 is 0 Å². The van der Waals surface area contributed by atoms with Gasteiger partial charge < -0.3 is 14.7 Å². The molecule has 0 saturated carbocycles. The van der Waals surface area contributed by atoms with Crippen molar-refractivity contribution in [2.75, 3.05) is 43.0 Å². The molecule has 2 aliphatic heterocycles. The van der Waals surface area contributed by atoms with Crippen molar-refractivity contribution < 1.29 is 9.59 Å². The minimum absolute atomic E-state index is 0.189. The van der Waals surface area contributed by atoms with E-state index < -0.39 is 0 Å². The molecule has 1 aromatic rings. The van der Waals surface area contributed by atoms with Crippen molar-refractivity contribution in [1.82, 2.24) is 4.90 Å². The zero-order valence-electron chi connectivity index (χ0n) is 14.8. The van der Waals surface area contributed by atoms with Crippen LogP contribution in [0.15, 0.2) is 18.2 Å². The fraction of sp³-hybridized carbons (Fsp3) is 0.579. The molecule has 2 amide bonds. The normalized spacial score (nSPS) is 17.9. The number of nitrogens with zero attached hydrogens (tertiary/aromatic N) is 3. The number of carbonyl (C=O) groups excluding carboxylic acids is 2. The average Bonchev–Trinajstić information content (AvgIpc) is 2.62. The van der Waals surface area contributed by atoms with Crippen LogP contribution in [0.2, 0.25) is 0 Å². The summed E-state index contributed by atoms with van der Waals surface area (Å²) in [7, 11) is 1.85. The second kappa shape index (κ2) is 7.24. The van der Waals surface area contributed by atoms with E-state index in [4.69, 9.17) is 0 Å². The van der Waals surface area contributed by atoms with Crippen LogP contribution in [0.5, 0.6) is 0 Å². The SMILES string of the molecule is CCCCC(=O)N1CCN(c2ccc3c(c2)CCC(=O)N3C)CC1. The first kappa shape index (κ1) is 16.8. The lowest BCUT2D eigenvalue weighted by Gasteiger charge is -2.37. The Labute approximate surface area is 144 Å². The van der Waals surface area contributed by atoms with Crippen molar-refractivity contribution in [3.8, 4) is 0 Å². The van der Waals surface area contributed by atoms with Crippen molar-refractivity contribution in [2.24, 2.45) is 0 Å². The summed E-state index contributed by atoms with van der Waals surface area (Å²) in [6.45, 7) is 5.49. The Kier molecular flexibility index (Phi) is 5.07. The maximum Gasteiger partial charge on any atom is 0.227 e. The van der Waals surface area contributed by atoms with Gasteiger partial charge in [-0.25, -0.2) is 0 Å². The topological polar surface area (TPSA) is 43.9 Å². The summed E-state index contributed by atoms with van der Waals surface area (Å²) in [5.74, 6) is 0.483. The molecular formula is C19H27N3O2. The molecule has 0 N–H and O–H groups in total. The summed E-state index contributed by atoms with van der Waals surface area (Å²) >= 11 is 0. The monoisotopic (exact) mass is 329 g/mol. The fourth-order valence-electron chi connectivity index (χ4n) is 3.54. The average molecular weight is 329 g/mol. The van der Waals surface area contributed by atoms with Gasteiger partial charge in [0.05, 0.1) is 0 Å². The van der Waals surface area contributed by atoms with Gasteiger partial charge in [-0.3, -0.25) is 9.59 Å². The maximum atomic E-state index is 12.1. The van der Waals surface area contributed by atoms with Gasteiger partial charge in [0.15, 0.2) is 0 Å². The lowest BCUT2D eigenvalue weighted by Crippen LogP contribution is -2.48. The van der Waals surface area contributed by atoms with E-state index in [0.717, 1.165) is 51.1 Å². The fourth-order valence-corrected chi connectivity index (χ4v) is 3.54. The minimum atomic E-state index is 0.189. The van der Waals surface area contributed by atoms with E-state index in [1.165, 1.54) is 11.3 Å². The number of fused-ring (bicyclic) bond motifs is 1. The third kappa shape index (κ3) is 3.40. The number of unbranched alkanes of at least 4 members (excludes halogenated alkanes) is 1. The Balaban J connectivity index is 1.63. The van der Waals surface area contributed by atoms with Crippen LogP contribution in [0.25, 0.3) is 0 Å². The molecule has 0 spiro atoms. The molecular weight excluding hydrogens is 302 g/mol. The first-order chi connectivity index (χ1) is 11.6. The molecule has 2 aliphatic rings. The van der Waals surface area contributed by atoms with Gasteiger partial charge in [-0.2, -0.15) is 0 Å². The summed E-state index contributed by atoms with van der Waals surface area (Å²) in [5, 5.41) is 0. The molecule has 130 valence electrons. The van der Waals surface area contributed by atoms with E-state index in [1.807, 2.05) is 11.9 Å². The zero-order valence-corrected chi connectivity index (χ0v) is 14.8. The lowest BCUT2D eigenvalue weighted by molar-refractivity contribution is -0.131. The summed E-state index contributed by atoms with van der Waals surface area (Å²) < 4.78 is 0. The van der Waals surface area contributed by atoms with Crippen LogP contribution in [0.4, 0.5) is 11.4 Å². The Morgan fingerprint density at radius 2 is 1.88 bits per heavy atom. The molecule has 5 heteroatoms. The third-order valence-corrected chi connectivity index (χ3v) is 5.15. The van der Waals surface area contributed by atoms with E-state index >= 15 is 0 Å². The number of anilines is 2. The van der Waals surface area contributed by atoms with E-state index in [1.54, 1.807) is 4.90 Å². The lowest BCUT2D eigenvalue weighted by atomic mass is 10.0. The third-order valence-electron chi connectivity index (χ3n) is 5.15. The number of amides is 2. The van der Waals surface area contributed by atoms with Crippen LogP contribution in [0, 0.1) is 0 Å². The first-order valence-corrected chi connectivity index (χ1v) is 9.02. The molecule has 0 radical (unpaired) electrons. The number of rotatable bonds is 4. The van der Waals surface area contributed by atoms with Crippen molar-refractivity contribution in [3.05, 3.63) is 23.8 Å². The quantitative estimate of drug-likeness (QED) is 0.852. The summed E-state index contributed by atoms with van der Waals surface area (Å²) in [4.78, 5) is 30.0. The number of piperazine rings is 1. The molecule has 0 aromatic heterocycles. The van der Waals surface area contributed by atoms with Gasteiger partial charge in [0, 0.05) is 57.4 Å². The van der Waals surface area contributed by atoms with Crippen LogP contribution < -0.4 is 9.80 Å². The number of benzene rings is 1. The number of hydrogen-bond donors (Lipinski definition) is 0. The molecule has 3 rings (SSSR count). The molecule has 5 nitrogen and oxygen atoms in total. The number of carbonyl (C=O) groups is 2. The van der Waals surface area contributed by atoms with Gasteiger partial charge in [-0.1, -0.05) is 13.3 Å². The summed E-state index contributed by atoms with van der Waals surface area (Å²) in [6, 6.07) is 6.37. The Hall–Kier alpha value is -2.04. The van der Waals surface area contributed by atoms with Crippen molar-refractivity contribution in [1.29, 1.82) is 0 Å². The van der Waals surface area contributed by atoms with E-state index in [0.29, 0.717) is 18.7 Å². The molecule has 0 atom stereocenters. The van der Waals surface area contributed by atoms with Crippen molar-refractivity contribution in [3.63, 3.8) is 0 Å². The Morgan fingerprint density at radius 3 is 2.58 bits per heavy atom. The highest BCUT2D eigenvalue weighted by molar-refractivity contribution is 5.96. The van der Waals surface area contributed by atoms with Crippen LogP contribution in [-0.4, -0.2) is 49.9 Å². The van der Waals surface area contributed by atoms with E-state index in [-0.39, 0.29) is 5.91 Å². The van der Waals surface area contributed by atoms with Crippen LogP contribution in [0.1, 0.15) is 38.2 Å². The van der Waals surface area contributed by atoms with Crippen LogP contribution in [0.3, 0.4) is 0 Å². The standard InChI is InChI=1S/C19H27N3O2/c1-3-4-5-19(24)22-12-10-21(11-13-22)16-7-8-17-15(14-16)6-9-18(23)20(17)2/h7-8,14H,3-6,9-13H2,1-2H3. The second-order valence-corrected chi connectivity index (χ2v) is 6.74. The van der Waals surface area contributed by atoms with Gasteiger partial charge in [0.2, 0.25) is 11.8 Å². The predicted octanol–water partition coefficient (Wildman–Crippen LogP) is 2.43. The molecule has 1 aromatic carbocycles. The summed E-state index contributed by atoms with van der Waals surface area (Å²) in [6.07, 6.45) is 4.14. The molecule has 0 unspecified atom stereocenters. The first-order valence-electron chi connectivity index (χ1n) is 9.02. The molecule has 2 heterocycles. The smallest absolute Gasteiger partial charge is 0.227 e. The molecule has 1 fully saturated rings. The van der Waals surface area contributed by atoms with E-state index in [2.05, 4.69) is 30.0 Å². The number of hydrogen-bond acceptors (Lipinski definition) is 3. The van der Waals surface area contributed by atoms with Crippen molar-refractivity contribution >= 4 is 23.2 Å². The largest absolute Gasteiger partial charge is 0.368 e. The zero-order chi connectivity index (χ0) is 17.1. The van der Waals surface area contributed by atoms with Gasteiger partial charge in [-0.05, 0) is 36.6 Å². The predicted molar refractivity (Wildman–Crippen MR) is 96.5 cm³/mol. The van der Waals surface area contributed by atoms with Gasteiger partial charge in [0.1, 0.15) is 0 Å². The highest BCUT2D eigenvalue weighted by atomic mass is 16.2. The molecule has 0 bridgehead atoms. The Bertz CT molecular complexity index is 621. The Morgan fingerprint density at radius 1 is 1.12 bits per heavy atom. The minimum Gasteiger partial charge on any atom is -0.368 e. The van der Waals surface area contributed by atoms with E-state index in [9.17, 15) is 9.59 Å². The second-order valence-electron chi connectivity index (χ2n) is 6.74. The highest BCUT2D eigenvalue weighted by Gasteiger charge is 2.24. The number of aryl methyl sites for hydroxylation is 1. The summed E-state index contributed by atoms with van der Waals surface area (Å²) in [5.41, 5.74) is 3.48. The molecule has 1 saturated heterocycles. The van der Waals surface area contributed by atoms with Gasteiger partial charge in [-0.15, -0.1) is 0 Å². The maximum absolute atomic E-state index is 12.1. The van der Waals surface area contributed by atoms with Crippen LogP contribution in [-0.2, 0) is 16.0 Å². The van der Waals surface area contributed by atoms with Crippen molar-refractivity contribution in [2.45, 2.75) is 39.0 Å².